The first kappa shape index (κ1) is 19.6. The fourth-order valence-electron chi connectivity index (χ4n) is 2.65. The molecule has 0 saturated carbocycles. The average Bonchev–Trinajstić information content (AvgIpc) is 3.20. The minimum absolute atomic E-state index is 0.0943. The summed E-state index contributed by atoms with van der Waals surface area (Å²) < 4.78 is 44.4. The van der Waals surface area contributed by atoms with Gasteiger partial charge in [0.25, 0.3) is 0 Å². The quantitative estimate of drug-likeness (QED) is 0.562. The molecule has 1 unspecified atom stereocenters. The number of oxazole rings is 1. The van der Waals surface area contributed by atoms with Crippen LogP contribution in [0.3, 0.4) is 0 Å². The number of hydrogen-bond acceptors (Lipinski definition) is 5. The third-order valence-electron chi connectivity index (χ3n) is 4.38. The van der Waals surface area contributed by atoms with Gasteiger partial charge in [0.15, 0.2) is 0 Å². The second kappa shape index (κ2) is 7.44. The number of hydrogen-bond donors (Lipinski definition) is 0. The van der Waals surface area contributed by atoms with Crippen LogP contribution in [0, 0.1) is 13.8 Å². The van der Waals surface area contributed by atoms with E-state index in [9.17, 15) is 13.2 Å². The van der Waals surface area contributed by atoms with Crippen LogP contribution in [-0.4, -0.2) is 21.9 Å². The summed E-state index contributed by atoms with van der Waals surface area (Å²) in [6.07, 6.45) is -4.40. The third kappa shape index (κ3) is 4.39. The summed E-state index contributed by atoms with van der Waals surface area (Å²) in [4.78, 5) is 11.0. The van der Waals surface area contributed by atoms with E-state index in [4.69, 9.17) is 4.42 Å². The second-order valence-corrected chi connectivity index (χ2v) is 7.41. The average molecular weight is 395 g/mol. The predicted molar refractivity (Wildman–Crippen MR) is 98.4 cm³/mol. The highest BCUT2D eigenvalue weighted by atomic mass is 32.1. The van der Waals surface area contributed by atoms with Gasteiger partial charge < -0.3 is 4.42 Å². The zero-order valence-corrected chi connectivity index (χ0v) is 16.3. The summed E-state index contributed by atoms with van der Waals surface area (Å²) in [6.45, 7) is 6.29. The van der Waals surface area contributed by atoms with E-state index in [1.807, 2.05) is 19.4 Å². The van der Waals surface area contributed by atoms with E-state index in [2.05, 4.69) is 21.8 Å². The highest BCUT2D eigenvalue weighted by molar-refractivity contribution is 7.09. The first-order chi connectivity index (χ1) is 12.6. The highest BCUT2D eigenvalue weighted by Crippen LogP contribution is 2.33. The molecule has 0 radical (unpaired) electrons. The van der Waals surface area contributed by atoms with E-state index in [0.29, 0.717) is 23.6 Å². The standard InChI is InChI=1S/C19H20F3N3OS/c1-11-10-27-18(23-11)12(2)25(4)9-16-13(3)26-17(24-16)14-6-5-7-15(8-14)19(20,21)22/h5-8,10,12H,9H2,1-4H3. The van der Waals surface area contributed by atoms with Gasteiger partial charge in [0, 0.05) is 23.2 Å². The third-order valence-corrected chi connectivity index (χ3v) is 5.52. The van der Waals surface area contributed by atoms with Gasteiger partial charge >= 0.3 is 6.18 Å². The smallest absolute Gasteiger partial charge is 0.416 e. The number of thiazole rings is 1. The lowest BCUT2D eigenvalue weighted by Crippen LogP contribution is -2.22. The minimum Gasteiger partial charge on any atom is -0.441 e. The molecule has 0 amide bonds. The summed E-state index contributed by atoms with van der Waals surface area (Å²) in [6, 6.07) is 5.10. The van der Waals surface area contributed by atoms with E-state index < -0.39 is 11.7 Å². The molecular formula is C19H20F3N3OS. The summed E-state index contributed by atoms with van der Waals surface area (Å²) in [5.74, 6) is 0.788. The van der Waals surface area contributed by atoms with Crippen molar-refractivity contribution in [3.63, 3.8) is 0 Å². The first-order valence-corrected chi connectivity index (χ1v) is 9.29. The Morgan fingerprint density at radius 3 is 2.59 bits per heavy atom. The number of rotatable bonds is 5. The highest BCUT2D eigenvalue weighted by Gasteiger charge is 2.31. The second-order valence-electron chi connectivity index (χ2n) is 6.52. The largest absolute Gasteiger partial charge is 0.441 e. The van der Waals surface area contributed by atoms with E-state index in [-0.39, 0.29) is 11.9 Å². The van der Waals surface area contributed by atoms with E-state index in [0.717, 1.165) is 22.8 Å². The molecule has 2 aromatic heterocycles. The molecule has 8 heteroatoms. The molecule has 1 atom stereocenters. The maximum absolute atomic E-state index is 12.9. The number of halogens is 3. The van der Waals surface area contributed by atoms with Crippen LogP contribution >= 0.6 is 11.3 Å². The van der Waals surface area contributed by atoms with Crippen molar-refractivity contribution < 1.29 is 17.6 Å². The van der Waals surface area contributed by atoms with E-state index in [1.54, 1.807) is 24.3 Å². The van der Waals surface area contributed by atoms with Gasteiger partial charge in [0.1, 0.15) is 10.8 Å². The van der Waals surface area contributed by atoms with Gasteiger partial charge in [0.05, 0.1) is 17.3 Å². The molecule has 144 valence electrons. The fourth-order valence-corrected chi connectivity index (χ4v) is 3.57. The fraction of sp³-hybridized carbons (Fsp3) is 0.368. The molecule has 0 aliphatic carbocycles. The number of alkyl halides is 3. The van der Waals surface area contributed by atoms with Crippen molar-refractivity contribution in [2.24, 2.45) is 0 Å². The molecule has 2 heterocycles. The number of aromatic nitrogens is 2. The Labute approximate surface area is 159 Å². The van der Waals surface area contributed by atoms with Crippen molar-refractivity contribution in [3.05, 3.63) is 57.4 Å². The van der Waals surface area contributed by atoms with Gasteiger partial charge in [-0.3, -0.25) is 4.90 Å². The lowest BCUT2D eigenvalue weighted by atomic mass is 10.1. The summed E-state index contributed by atoms with van der Waals surface area (Å²) in [5, 5.41) is 3.02. The van der Waals surface area contributed by atoms with Crippen molar-refractivity contribution >= 4 is 11.3 Å². The summed E-state index contributed by atoms with van der Waals surface area (Å²) >= 11 is 1.60. The Hall–Kier alpha value is -2.19. The SMILES string of the molecule is Cc1csc(C(C)N(C)Cc2nc(-c3cccc(C(F)(F)F)c3)oc2C)n1. The van der Waals surface area contributed by atoms with Crippen LogP contribution in [0.15, 0.2) is 34.1 Å². The van der Waals surface area contributed by atoms with Crippen LogP contribution in [0.5, 0.6) is 0 Å². The number of benzene rings is 1. The molecular weight excluding hydrogens is 375 g/mol. The van der Waals surface area contributed by atoms with E-state index >= 15 is 0 Å². The molecule has 1 aromatic carbocycles. The van der Waals surface area contributed by atoms with Crippen LogP contribution in [0.25, 0.3) is 11.5 Å². The molecule has 0 bridgehead atoms. The van der Waals surface area contributed by atoms with Crippen molar-refractivity contribution in [1.82, 2.24) is 14.9 Å². The molecule has 0 N–H and O–H groups in total. The topological polar surface area (TPSA) is 42.2 Å². The molecule has 0 fully saturated rings. The molecule has 27 heavy (non-hydrogen) atoms. The molecule has 0 spiro atoms. The van der Waals surface area contributed by atoms with Crippen molar-refractivity contribution in [1.29, 1.82) is 0 Å². The van der Waals surface area contributed by atoms with Gasteiger partial charge in [-0.15, -0.1) is 11.3 Å². The molecule has 3 rings (SSSR count). The lowest BCUT2D eigenvalue weighted by Gasteiger charge is -2.21. The van der Waals surface area contributed by atoms with Crippen molar-refractivity contribution in [3.8, 4) is 11.5 Å². The molecule has 4 nitrogen and oxygen atoms in total. The van der Waals surface area contributed by atoms with Gasteiger partial charge in [-0.05, 0) is 46.0 Å². The Morgan fingerprint density at radius 1 is 1.22 bits per heavy atom. The zero-order valence-electron chi connectivity index (χ0n) is 15.5. The van der Waals surface area contributed by atoms with Crippen molar-refractivity contribution in [2.45, 2.75) is 39.5 Å². The van der Waals surface area contributed by atoms with Gasteiger partial charge in [0.2, 0.25) is 5.89 Å². The van der Waals surface area contributed by atoms with Crippen LogP contribution in [0.1, 0.15) is 40.7 Å². The van der Waals surface area contributed by atoms with Gasteiger partial charge in [-0.1, -0.05) is 6.07 Å². The maximum Gasteiger partial charge on any atom is 0.416 e. The Kier molecular flexibility index (Phi) is 5.39. The normalized spacial score (nSPS) is 13.3. The Bertz CT molecular complexity index is 932. The minimum atomic E-state index is -4.40. The summed E-state index contributed by atoms with van der Waals surface area (Å²) in [5.41, 5.74) is 1.28. The maximum atomic E-state index is 12.9. The van der Waals surface area contributed by atoms with Crippen LogP contribution in [0.2, 0.25) is 0 Å². The molecule has 3 aromatic rings. The van der Waals surface area contributed by atoms with Crippen molar-refractivity contribution in [2.75, 3.05) is 7.05 Å². The monoisotopic (exact) mass is 395 g/mol. The van der Waals surface area contributed by atoms with Gasteiger partial charge in [-0.25, -0.2) is 9.97 Å². The molecule has 0 aliphatic heterocycles. The van der Waals surface area contributed by atoms with Crippen LogP contribution in [0.4, 0.5) is 13.2 Å². The zero-order chi connectivity index (χ0) is 19.8. The first-order valence-electron chi connectivity index (χ1n) is 8.41. The molecule has 0 saturated heterocycles. The Morgan fingerprint density at radius 2 is 1.96 bits per heavy atom. The number of nitrogens with zero attached hydrogens (tertiary/aromatic N) is 3. The molecule has 0 aliphatic rings. The van der Waals surface area contributed by atoms with Crippen LogP contribution in [-0.2, 0) is 12.7 Å². The lowest BCUT2D eigenvalue weighted by molar-refractivity contribution is -0.137. The van der Waals surface area contributed by atoms with Gasteiger partial charge in [-0.2, -0.15) is 13.2 Å². The number of aryl methyl sites for hydroxylation is 2. The van der Waals surface area contributed by atoms with E-state index in [1.165, 1.54) is 6.07 Å². The summed E-state index contributed by atoms with van der Waals surface area (Å²) in [7, 11) is 1.96. The predicted octanol–water partition coefficient (Wildman–Crippen LogP) is 5.63. The Balaban J connectivity index is 1.80. The van der Waals surface area contributed by atoms with Crippen LogP contribution < -0.4 is 0 Å².